The Morgan fingerprint density at radius 2 is 1.83 bits per heavy atom. The molecule has 1 heterocycles. The summed E-state index contributed by atoms with van der Waals surface area (Å²) in [5, 5.41) is 22.4. The van der Waals surface area contributed by atoms with Crippen LogP contribution in [0.4, 0.5) is 8.78 Å². The van der Waals surface area contributed by atoms with E-state index in [4.69, 9.17) is 16.7 Å². The molecule has 0 radical (unpaired) electrons. The number of carboxylic acids is 1. The fourth-order valence-corrected chi connectivity index (χ4v) is 4.21. The molecule has 9 heteroatoms. The van der Waals surface area contributed by atoms with Gasteiger partial charge in [0, 0.05) is 23.1 Å². The van der Waals surface area contributed by atoms with Crippen molar-refractivity contribution in [1.29, 1.82) is 0 Å². The van der Waals surface area contributed by atoms with Crippen LogP contribution in [-0.2, 0) is 11.2 Å². The molecule has 0 amide bonds. The fraction of sp³-hybridized carbons (Fsp3) is 0.269. The maximum atomic E-state index is 13.2. The summed E-state index contributed by atoms with van der Waals surface area (Å²) in [6.45, 7) is -3.04. The van der Waals surface area contributed by atoms with Crippen molar-refractivity contribution < 1.29 is 32.9 Å². The highest BCUT2D eigenvalue weighted by Gasteiger charge is 2.34. The second-order valence-corrected chi connectivity index (χ2v) is 9.00. The lowest BCUT2D eigenvalue weighted by Crippen LogP contribution is -2.36. The van der Waals surface area contributed by atoms with Crippen LogP contribution in [0.1, 0.15) is 46.8 Å². The molecule has 1 aliphatic carbocycles. The van der Waals surface area contributed by atoms with Gasteiger partial charge in [0.2, 0.25) is 5.69 Å². The topological polar surface area (TPSA) is 90.5 Å². The largest absolute Gasteiger partial charge is 0.618 e. The Labute approximate surface area is 205 Å². The third kappa shape index (κ3) is 6.14. The summed E-state index contributed by atoms with van der Waals surface area (Å²) >= 11 is 6.03. The molecule has 1 saturated carbocycles. The number of ether oxygens (including phenoxy) is 1. The van der Waals surface area contributed by atoms with Crippen LogP contribution in [0.3, 0.4) is 0 Å². The lowest BCUT2D eigenvalue weighted by molar-refractivity contribution is -0.614. The molecule has 1 N–H and O–H groups in total. The minimum atomic E-state index is -3.04. The third-order valence-corrected chi connectivity index (χ3v) is 6.24. The van der Waals surface area contributed by atoms with Crippen molar-refractivity contribution in [3.05, 3.63) is 87.8 Å². The number of Topliss-reactive ketones (excluding diaryl/α,β-unsaturated/α-hetero) is 1. The Morgan fingerprint density at radius 1 is 1.11 bits per heavy atom. The summed E-state index contributed by atoms with van der Waals surface area (Å²) in [6.07, 6.45) is 3.80. The van der Waals surface area contributed by atoms with E-state index in [2.05, 4.69) is 4.74 Å². The summed E-state index contributed by atoms with van der Waals surface area (Å²) in [5.74, 6) is -1.61. The molecular formula is C26H22ClF2NO5. The van der Waals surface area contributed by atoms with Crippen molar-refractivity contribution in [3.63, 3.8) is 0 Å². The number of carbonyl (C=O) groups is 2. The van der Waals surface area contributed by atoms with E-state index in [0.717, 1.165) is 12.8 Å². The van der Waals surface area contributed by atoms with Gasteiger partial charge in [-0.05, 0) is 54.3 Å². The van der Waals surface area contributed by atoms with E-state index in [1.54, 1.807) is 18.2 Å². The Morgan fingerprint density at radius 3 is 2.43 bits per heavy atom. The van der Waals surface area contributed by atoms with Gasteiger partial charge in [-0.2, -0.15) is 13.5 Å². The van der Waals surface area contributed by atoms with Crippen LogP contribution < -0.4 is 9.47 Å². The number of pyridine rings is 1. The zero-order chi connectivity index (χ0) is 25.1. The molecule has 3 aromatic rings. The molecule has 2 aromatic carbocycles. The van der Waals surface area contributed by atoms with Crippen LogP contribution in [0.15, 0.2) is 60.8 Å². The Hall–Kier alpha value is -3.52. The molecule has 0 aliphatic heterocycles. The van der Waals surface area contributed by atoms with Crippen LogP contribution >= 0.6 is 11.6 Å². The number of hydrogen-bond donors (Lipinski definition) is 1. The minimum Gasteiger partial charge on any atom is -0.618 e. The van der Waals surface area contributed by atoms with Gasteiger partial charge in [0.1, 0.15) is 11.7 Å². The van der Waals surface area contributed by atoms with Crippen LogP contribution in [0.5, 0.6) is 5.75 Å². The van der Waals surface area contributed by atoms with E-state index in [1.807, 2.05) is 0 Å². The van der Waals surface area contributed by atoms with Gasteiger partial charge in [-0.15, -0.1) is 0 Å². The molecule has 0 spiro atoms. The predicted molar refractivity (Wildman–Crippen MR) is 125 cm³/mol. The SMILES string of the molecule is O=C(O)c1ccc(CC(=O)C(CC2CC2)c2ccc(-c3cc(Cl)ccc3OC(F)F)c[n+]2[O-])cc1. The smallest absolute Gasteiger partial charge is 0.387 e. The highest BCUT2D eigenvalue weighted by molar-refractivity contribution is 6.31. The van der Waals surface area contributed by atoms with Crippen LogP contribution in [0.2, 0.25) is 5.02 Å². The molecule has 4 rings (SSSR count). The lowest BCUT2D eigenvalue weighted by Gasteiger charge is -2.17. The fourth-order valence-electron chi connectivity index (χ4n) is 4.04. The maximum absolute atomic E-state index is 13.2. The number of benzene rings is 2. The minimum absolute atomic E-state index is 0.0553. The molecule has 6 nitrogen and oxygen atoms in total. The molecule has 1 aliphatic rings. The number of aromatic carboxylic acids is 1. The van der Waals surface area contributed by atoms with Crippen molar-refractivity contribution >= 4 is 23.4 Å². The Kier molecular flexibility index (Phi) is 7.31. The molecular weight excluding hydrogens is 480 g/mol. The van der Waals surface area contributed by atoms with Crippen molar-refractivity contribution in [3.8, 4) is 16.9 Å². The quantitative estimate of drug-likeness (QED) is 0.287. The molecule has 1 atom stereocenters. The summed E-state index contributed by atoms with van der Waals surface area (Å²) in [5.41, 5.74) is 1.61. The monoisotopic (exact) mass is 501 g/mol. The Balaban J connectivity index is 1.61. The van der Waals surface area contributed by atoms with E-state index >= 15 is 0 Å². The molecule has 182 valence electrons. The number of aromatic nitrogens is 1. The zero-order valence-electron chi connectivity index (χ0n) is 18.5. The van der Waals surface area contributed by atoms with Gasteiger partial charge < -0.3 is 15.1 Å². The van der Waals surface area contributed by atoms with Gasteiger partial charge in [-0.1, -0.05) is 36.6 Å². The summed E-state index contributed by atoms with van der Waals surface area (Å²) < 4.78 is 30.8. The normalized spacial score (nSPS) is 14.1. The first-order valence-electron chi connectivity index (χ1n) is 11.0. The number of nitrogens with zero attached hydrogens (tertiary/aromatic N) is 1. The van der Waals surface area contributed by atoms with Gasteiger partial charge in [0.15, 0.2) is 12.0 Å². The average Bonchev–Trinajstić information content (AvgIpc) is 3.63. The number of alkyl halides is 2. The van der Waals surface area contributed by atoms with Crippen LogP contribution in [0, 0.1) is 11.1 Å². The van der Waals surface area contributed by atoms with Gasteiger partial charge >= 0.3 is 12.6 Å². The first-order valence-corrected chi connectivity index (χ1v) is 11.4. The first kappa shape index (κ1) is 24.6. The van der Waals surface area contributed by atoms with E-state index in [9.17, 15) is 23.6 Å². The predicted octanol–water partition coefficient (Wildman–Crippen LogP) is 5.64. The number of rotatable bonds is 10. The van der Waals surface area contributed by atoms with Gasteiger partial charge in [0.05, 0.1) is 11.1 Å². The average molecular weight is 502 g/mol. The molecule has 1 fully saturated rings. The highest BCUT2D eigenvalue weighted by Crippen LogP contribution is 2.39. The summed E-state index contributed by atoms with van der Waals surface area (Å²) in [6, 6.07) is 13.3. The standard InChI is InChI=1S/C26H22ClF2NO5/c27-19-8-10-24(35-26(28)29)20(13-19)18-7-9-22(30(34)14-18)21(11-15-1-2-15)23(31)12-16-3-5-17(6-4-16)25(32)33/h3-10,13-15,21,26H,1-2,11-12H2,(H,32,33). The van der Waals surface area contributed by atoms with Gasteiger partial charge in [-0.25, -0.2) is 4.79 Å². The second-order valence-electron chi connectivity index (χ2n) is 8.56. The molecule has 1 unspecified atom stereocenters. The van der Waals surface area contributed by atoms with Gasteiger partial charge in [0.25, 0.3) is 0 Å². The van der Waals surface area contributed by atoms with Gasteiger partial charge in [-0.3, -0.25) is 4.79 Å². The van der Waals surface area contributed by atoms with E-state index in [1.165, 1.54) is 42.6 Å². The van der Waals surface area contributed by atoms with E-state index in [-0.39, 0.29) is 34.8 Å². The van der Waals surface area contributed by atoms with E-state index in [0.29, 0.717) is 33.2 Å². The highest BCUT2D eigenvalue weighted by atomic mass is 35.5. The number of halogens is 3. The molecule has 1 aromatic heterocycles. The number of hydrogen-bond acceptors (Lipinski definition) is 4. The molecule has 0 bridgehead atoms. The van der Waals surface area contributed by atoms with Crippen LogP contribution in [-0.4, -0.2) is 23.5 Å². The number of carbonyl (C=O) groups excluding carboxylic acids is 1. The van der Waals surface area contributed by atoms with Crippen LogP contribution in [0.25, 0.3) is 11.1 Å². The second kappa shape index (κ2) is 10.4. The summed E-state index contributed by atoms with van der Waals surface area (Å²) in [4.78, 5) is 24.3. The van der Waals surface area contributed by atoms with Crippen molar-refractivity contribution in [2.24, 2.45) is 5.92 Å². The van der Waals surface area contributed by atoms with Crippen molar-refractivity contribution in [1.82, 2.24) is 0 Å². The van der Waals surface area contributed by atoms with Crippen molar-refractivity contribution in [2.45, 2.75) is 38.2 Å². The molecule has 0 saturated heterocycles. The lowest BCUT2D eigenvalue weighted by atomic mass is 9.89. The van der Waals surface area contributed by atoms with Crippen molar-refractivity contribution in [2.75, 3.05) is 0 Å². The maximum Gasteiger partial charge on any atom is 0.387 e. The first-order chi connectivity index (χ1) is 16.7. The zero-order valence-corrected chi connectivity index (χ0v) is 19.3. The van der Waals surface area contributed by atoms with E-state index < -0.39 is 18.5 Å². The number of ketones is 1. The third-order valence-electron chi connectivity index (χ3n) is 6.00. The Bertz CT molecular complexity index is 1240. The molecule has 35 heavy (non-hydrogen) atoms. The summed E-state index contributed by atoms with van der Waals surface area (Å²) in [7, 11) is 0. The number of carboxylic acid groups (broad SMARTS) is 1.